The van der Waals surface area contributed by atoms with Gasteiger partial charge in [0.2, 0.25) is 15.9 Å². The average Bonchev–Trinajstić information content (AvgIpc) is 2.87. The molecule has 9 heteroatoms. The second-order valence-electron chi connectivity index (χ2n) is 8.17. The molecule has 0 aliphatic heterocycles. The van der Waals surface area contributed by atoms with Crippen LogP contribution in [0.15, 0.2) is 88.9 Å². The molecule has 8 nitrogen and oxygen atoms in total. The van der Waals surface area contributed by atoms with Crippen LogP contribution < -0.4 is 10.7 Å². The second-order valence-corrected chi connectivity index (χ2v) is 10.1. The van der Waals surface area contributed by atoms with Gasteiger partial charge >= 0.3 is 0 Å². The summed E-state index contributed by atoms with van der Waals surface area (Å²) in [4.78, 5) is 23.9. The van der Waals surface area contributed by atoms with E-state index in [1.54, 1.807) is 0 Å². The van der Waals surface area contributed by atoms with Crippen LogP contribution in [-0.4, -0.2) is 43.8 Å². The molecule has 0 spiro atoms. The van der Waals surface area contributed by atoms with Crippen molar-refractivity contribution in [3.63, 3.8) is 0 Å². The van der Waals surface area contributed by atoms with Gasteiger partial charge in [-0.05, 0) is 53.8 Å². The van der Waals surface area contributed by atoms with Crippen LogP contribution >= 0.6 is 0 Å². The Kier molecular flexibility index (Phi) is 9.49. The fraction of sp³-hybridized carbons (Fsp3) is 0.222. The van der Waals surface area contributed by atoms with Crippen LogP contribution in [0.2, 0.25) is 0 Å². The van der Waals surface area contributed by atoms with Crippen LogP contribution in [-0.2, 0) is 32.5 Å². The van der Waals surface area contributed by atoms with Crippen molar-refractivity contribution in [2.45, 2.75) is 31.6 Å². The van der Waals surface area contributed by atoms with Crippen molar-refractivity contribution in [2.75, 3.05) is 18.4 Å². The van der Waals surface area contributed by atoms with Gasteiger partial charge in [0, 0.05) is 19.2 Å². The number of hydrogen-bond donors (Lipinski definition) is 2. The lowest BCUT2D eigenvalue weighted by atomic mass is 10.1. The van der Waals surface area contributed by atoms with Gasteiger partial charge in [-0.2, -0.15) is 9.41 Å². The van der Waals surface area contributed by atoms with Gasteiger partial charge in [0.1, 0.15) is 0 Å². The van der Waals surface area contributed by atoms with E-state index in [4.69, 9.17) is 0 Å². The van der Waals surface area contributed by atoms with Crippen LogP contribution in [0.3, 0.4) is 0 Å². The molecule has 0 saturated heterocycles. The normalized spacial score (nSPS) is 11.5. The molecule has 36 heavy (non-hydrogen) atoms. The molecule has 3 aromatic carbocycles. The summed E-state index contributed by atoms with van der Waals surface area (Å²) in [5, 5.41) is 6.58. The van der Waals surface area contributed by atoms with Gasteiger partial charge in [-0.3, -0.25) is 9.59 Å². The lowest BCUT2D eigenvalue weighted by molar-refractivity contribution is -0.121. The number of carbonyl (C=O) groups excluding carboxylic acids is 2. The minimum atomic E-state index is -3.99. The Morgan fingerprint density at radius 2 is 1.58 bits per heavy atom. The Labute approximate surface area is 212 Å². The van der Waals surface area contributed by atoms with Crippen molar-refractivity contribution in [3.05, 3.63) is 95.6 Å². The third-order valence-electron chi connectivity index (χ3n) is 5.42. The number of hydrogen-bond acceptors (Lipinski definition) is 5. The molecule has 0 heterocycles. The summed E-state index contributed by atoms with van der Waals surface area (Å²) >= 11 is 0. The first-order chi connectivity index (χ1) is 17.3. The van der Waals surface area contributed by atoms with Crippen molar-refractivity contribution in [1.82, 2.24) is 9.73 Å². The molecule has 0 aliphatic carbocycles. The number of amides is 2. The molecular weight excluding hydrogens is 476 g/mol. The predicted molar refractivity (Wildman–Crippen MR) is 141 cm³/mol. The highest BCUT2D eigenvalue weighted by atomic mass is 32.2. The van der Waals surface area contributed by atoms with E-state index in [1.807, 2.05) is 54.6 Å². The molecule has 0 fully saturated rings. The maximum absolute atomic E-state index is 13.4. The van der Waals surface area contributed by atoms with Gasteiger partial charge < -0.3 is 5.32 Å². The fourth-order valence-electron chi connectivity index (χ4n) is 3.46. The van der Waals surface area contributed by atoms with Gasteiger partial charge in [0.25, 0.3) is 5.91 Å². The van der Waals surface area contributed by atoms with E-state index in [-0.39, 0.29) is 17.3 Å². The van der Waals surface area contributed by atoms with Crippen LogP contribution in [0.1, 0.15) is 30.5 Å². The fourth-order valence-corrected chi connectivity index (χ4v) is 4.86. The SMILES string of the molecule is CCc1ccc(/C=N\NC(=O)CN(CCc2ccccc2)S(=O)(=O)c2ccc(NC(C)=O)cc2)cc1. The predicted octanol–water partition coefficient (Wildman–Crippen LogP) is 3.59. The molecule has 188 valence electrons. The zero-order valence-electron chi connectivity index (χ0n) is 20.3. The minimum absolute atomic E-state index is 0.0250. The summed E-state index contributed by atoms with van der Waals surface area (Å²) in [7, 11) is -3.99. The lowest BCUT2D eigenvalue weighted by Gasteiger charge is -2.21. The summed E-state index contributed by atoms with van der Waals surface area (Å²) in [5.74, 6) is -0.809. The van der Waals surface area contributed by atoms with E-state index >= 15 is 0 Å². The topological polar surface area (TPSA) is 108 Å². The largest absolute Gasteiger partial charge is 0.326 e. The molecule has 0 unspecified atom stereocenters. The number of carbonyl (C=O) groups is 2. The number of nitrogens with one attached hydrogen (secondary N) is 2. The van der Waals surface area contributed by atoms with Gasteiger partial charge in [-0.25, -0.2) is 13.8 Å². The van der Waals surface area contributed by atoms with E-state index in [9.17, 15) is 18.0 Å². The summed E-state index contributed by atoms with van der Waals surface area (Å²) in [6, 6.07) is 23.1. The molecule has 0 radical (unpaired) electrons. The monoisotopic (exact) mass is 506 g/mol. The number of anilines is 1. The van der Waals surface area contributed by atoms with E-state index in [2.05, 4.69) is 22.8 Å². The van der Waals surface area contributed by atoms with Crippen molar-refractivity contribution < 1.29 is 18.0 Å². The molecule has 0 atom stereocenters. The molecular formula is C27H30N4O4S. The Morgan fingerprint density at radius 1 is 0.917 bits per heavy atom. The maximum Gasteiger partial charge on any atom is 0.255 e. The molecule has 0 saturated carbocycles. The van der Waals surface area contributed by atoms with Gasteiger partial charge in [-0.1, -0.05) is 61.5 Å². The zero-order chi connectivity index (χ0) is 26.0. The minimum Gasteiger partial charge on any atom is -0.326 e. The van der Waals surface area contributed by atoms with Gasteiger partial charge in [0.15, 0.2) is 0 Å². The third-order valence-corrected chi connectivity index (χ3v) is 7.28. The van der Waals surface area contributed by atoms with Crippen molar-refractivity contribution >= 4 is 33.7 Å². The summed E-state index contributed by atoms with van der Waals surface area (Å²) in [6.07, 6.45) is 2.88. The van der Waals surface area contributed by atoms with Crippen LogP contribution in [0.25, 0.3) is 0 Å². The van der Waals surface area contributed by atoms with E-state index in [0.717, 1.165) is 21.9 Å². The molecule has 2 amide bonds. The van der Waals surface area contributed by atoms with E-state index in [1.165, 1.54) is 43.0 Å². The molecule has 0 aromatic heterocycles. The molecule has 3 aromatic rings. The highest BCUT2D eigenvalue weighted by molar-refractivity contribution is 7.89. The maximum atomic E-state index is 13.4. The second kappa shape index (κ2) is 12.8. The lowest BCUT2D eigenvalue weighted by Crippen LogP contribution is -2.40. The molecule has 2 N–H and O–H groups in total. The summed E-state index contributed by atoms with van der Waals surface area (Å²) in [5.41, 5.74) is 5.87. The number of sulfonamides is 1. The Morgan fingerprint density at radius 3 is 2.19 bits per heavy atom. The number of benzene rings is 3. The first kappa shape index (κ1) is 26.8. The smallest absolute Gasteiger partial charge is 0.255 e. The standard InChI is InChI=1S/C27H30N4O4S/c1-3-22-9-11-24(12-10-22)19-28-30-27(33)20-31(18-17-23-7-5-4-6-8-23)36(34,35)26-15-13-25(14-16-26)29-21(2)32/h4-16,19H,3,17-18,20H2,1-2H3,(H,29,32)(H,30,33)/b28-19-. The quantitative estimate of drug-likeness (QED) is 0.306. The van der Waals surface area contributed by atoms with Gasteiger partial charge in [-0.15, -0.1) is 0 Å². The summed E-state index contributed by atoms with van der Waals surface area (Å²) in [6.45, 7) is 3.15. The van der Waals surface area contributed by atoms with Crippen LogP contribution in [0, 0.1) is 0 Å². The van der Waals surface area contributed by atoms with Gasteiger partial charge in [0.05, 0.1) is 17.7 Å². The first-order valence-corrected chi connectivity index (χ1v) is 13.0. The van der Waals surface area contributed by atoms with Crippen molar-refractivity contribution in [1.29, 1.82) is 0 Å². The van der Waals surface area contributed by atoms with Crippen LogP contribution in [0.5, 0.6) is 0 Å². The van der Waals surface area contributed by atoms with Crippen molar-refractivity contribution in [3.8, 4) is 0 Å². The third kappa shape index (κ3) is 7.86. The van der Waals surface area contributed by atoms with Crippen LogP contribution in [0.4, 0.5) is 5.69 Å². The molecule has 3 rings (SSSR count). The number of nitrogens with zero attached hydrogens (tertiary/aromatic N) is 2. The highest BCUT2D eigenvalue weighted by Gasteiger charge is 2.26. The molecule has 0 bridgehead atoms. The first-order valence-electron chi connectivity index (χ1n) is 11.6. The number of rotatable bonds is 11. The highest BCUT2D eigenvalue weighted by Crippen LogP contribution is 2.19. The van der Waals surface area contributed by atoms with E-state index in [0.29, 0.717) is 12.1 Å². The zero-order valence-corrected chi connectivity index (χ0v) is 21.2. The number of aryl methyl sites for hydroxylation is 1. The summed E-state index contributed by atoms with van der Waals surface area (Å²) < 4.78 is 27.9. The number of hydrazone groups is 1. The Bertz CT molecular complexity index is 1290. The molecule has 0 aliphatic rings. The Hall–Kier alpha value is -3.82. The van der Waals surface area contributed by atoms with Crippen molar-refractivity contribution in [2.24, 2.45) is 5.10 Å². The Balaban J connectivity index is 1.73. The van der Waals surface area contributed by atoms with E-state index < -0.39 is 22.5 Å². The average molecular weight is 507 g/mol.